The molecule has 0 aliphatic rings. The van der Waals surface area contributed by atoms with E-state index in [1.54, 1.807) is 5.38 Å². The van der Waals surface area contributed by atoms with Crippen LogP contribution in [0.4, 0.5) is 9.39 Å². The lowest BCUT2D eigenvalue weighted by Gasteiger charge is -2.05. The first-order chi connectivity index (χ1) is 8.99. The molecule has 1 amide bonds. The SMILES string of the molecule is O=C(Nc1sccc1C(=O)O)c1ccc(F)c(Cl)c1. The molecule has 7 heteroatoms. The Hall–Kier alpha value is -1.92. The van der Waals surface area contributed by atoms with Crippen molar-refractivity contribution in [2.75, 3.05) is 5.32 Å². The lowest BCUT2D eigenvalue weighted by Crippen LogP contribution is -2.13. The molecule has 0 unspecified atom stereocenters. The monoisotopic (exact) mass is 299 g/mol. The highest BCUT2D eigenvalue weighted by atomic mass is 35.5. The lowest BCUT2D eigenvalue weighted by atomic mass is 10.2. The Morgan fingerprint density at radius 3 is 2.68 bits per heavy atom. The van der Waals surface area contributed by atoms with Crippen LogP contribution in [0.1, 0.15) is 20.7 Å². The fourth-order valence-corrected chi connectivity index (χ4v) is 2.34. The fourth-order valence-electron chi connectivity index (χ4n) is 1.39. The van der Waals surface area contributed by atoms with Gasteiger partial charge >= 0.3 is 5.97 Å². The molecule has 0 spiro atoms. The van der Waals surface area contributed by atoms with Gasteiger partial charge in [-0.05, 0) is 29.6 Å². The molecule has 0 aliphatic carbocycles. The number of carbonyl (C=O) groups is 2. The number of anilines is 1. The molecule has 2 N–H and O–H groups in total. The summed E-state index contributed by atoms with van der Waals surface area (Å²) < 4.78 is 13.0. The fraction of sp³-hybridized carbons (Fsp3) is 0. The zero-order chi connectivity index (χ0) is 14.0. The highest BCUT2D eigenvalue weighted by molar-refractivity contribution is 7.14. The van der Waals surface area contributed by atoms with Crippen LogP contribution < -0.4 is 5.32 Å². The number of carbonyl (C=O) groups excluding carboxylic acids is 1. The van der Waals surface area contributed by atoms with Gasteiger partial charge in [0, 0.05) is 5.56 Å². The topological polar surface area (TPSA) is 66.4 Å². The number of thiophene rings is 1. The number of carboxylic acid groups (broad SMARTS) is 1. The summed E-state index contributed by atoms with van der Waals surface area (Å²) in [5, 5.41) is 13.0. The molecular formula is C12H7ClFNO3S. The molecule has 0 fully saturated rings. The zero-order valence-electron chi connectivity index (χ0n) is 9.31. The van der Waals surface area contributed by atoms with E-state index in [0.29, 0.717) is 0 Å². The van der Waals surface area contributed by atoms with Crippen LogP contribution in [0.2, 0.25) is 5.02 Å². The molecule has 1 aromatic heterocycles. The predicted octanol–water partition coefficient (Wildman–Crippen LogP) is 3.49. The van der Waals surface area contributed by atoms with Crippen LogP contribution in [-0.4, -0.2) is 17.0 Å². The van der Waals surface area contributed by atoms with Crippen molar-refractivity contribution >= 4 is 39.8 Å². The van der Waals surface area contributed by atoms with Gasteiger partial charge in [0.15, 0.2) is 0 Å². The molecule has 0 aliphatic heterocycles. The minimum atomic E-state index is -1.13. The third kappa shape index (κ3) is 2.91. The summed E-state index contributed by atoms with van der Waals surface area (Å²) in [6.07, 6.45) is 0. The van der Waals surface area contributed by atoms with E-state index in [9.17, 15) is 14.0 Å². The van der Waals surface area contributed by atoms with Gasteiger partial charge < -0.3 is 10.4 Å². The Morgan fingerprint density at radius 1 is 1.32 bits per heavy atom. The van der Waals surface area contributed by atoms with Gasteiger partial charge in [0.1, 0.15) is 10.8 Å². The summed E-state index contributed by atoms with van der Waals surface area (Å²) in [6, 6.07) is 4.91. The maximum Gasteiger partial charge on any atom is 0.338 e. The van der Waals surface area contributed by atoms with E-state index in [0.717, 1.165) is 17.4 Å². The quantitative estimate of drug-likeness (QED) is 0.911. The van der Waals surface area contributed by atoms with Gasteiger partial charge in [-0.3, -0.25) is 4.79 Å². The average Bonchev–Trinajstić information content (AvgIpc) is 2.80. The van der Waals surface area contributed by atoms with Gasteiger partial charge in [-0.1, -0.05) is 11.6 Å². The van der Waals surface area contributed by atoms with Gasteiger partial charge in [0.2, 0.25) is 0 Å². The minimum absolute atomic E-state index is 0.00607. The average molecular weight is 300 g/mol. The Labute approximate surface area is 116 Å². The molecule has 0 radical (unpaired) electrons. The van der Waals surface area contributed by atoms with Gasteiger partial charge in [-0.25, -0.2) is 9.18 Å². The molecule has 2 rings (SSSR count). The summed E-state index contributed by atoms with van der Waals surface area (Å²) in [5.74, 6) is -2.30. The second-order valence-electron chi connectivity index (χ2n) is 3.55. The predicted molar refractivity (Wildman–Crippen MR) is 70.6 cm³/mol. The number of nitrogens with one attached hydrogen (secondary N) is 1. The van der Waals surface area contributed by atoms with Crippen LogP contribution in [0.25, 0.3) is 0 Å². The first-order valence-corrected chi connectivity index (χ1v) is 6.32. The summed E-state index contributed by atoms with van der Waals surface area (Å²) in [6.45, 7) is 0. The molecule has 1 heterocycles. The van der Waals surface area contributed by atoms with Crippen molar-refractivity contribution in [3.63, 3.8) is 0 Å². The van der Waals surface area contributed by atoms with Gasteiger partial charge in [-0.2, -0.15) is 0 Å². The van der Waals surface area contributed by atoms with Crippen LogP contribution in [0.15, 0.2) is 29.6 Å². The normalized spacial score (nSPS) is 10.2. The number of benzene rings is 1. The highest BCUT2D eigenvalue weighted by Crippen LogP contribution is 2.24. The maximum atomic E-state index is 13.0. The van der Waals surface area contributed by atoms with Crippen LogP contribution in [0, 0.1) is 5.82 Å². The molecule has 0 saturated carbocycles. The van der Waals surface area contributed by atoms with Crippen molar-refractivity contribution in [3.8, 4) is 0 Å². The molecular weight excluding hydrogens is 293 g/mol. The van der Waals surface area contributed by atoms with Crippen molar-refractivity contribution in [2.45, 2.75) is 0 Å². The highest BCUT2D eigenvalue weighted by Gasteiger charge is 2.15. The molecule has 98 valence electrons. The first kappa shape index (κ1) is 13.5. The maximum absolute atomic E-state index is 13.0. The van der Waals surface area contributed by atoms with E-state index in [-0.39, 0.29) is 21.2 Å². The van der Waals surface area contributed by atoms with E-state index in [1.165, 1.54) is 18.2 Å². The van der Waals surface area contributed by atoms with Gasteiger partial charge in [0.05, 0.1) is 10.6 Å². The van der Waals surface area contributed by atoms with E-state index in [2.05, 4.69) is 5.32 Å². The first-order valence-electron chi connectivity index (χ1n) is 5.06. The standard InChI is InChI=1S/C12H7ClFNO3S/c13-8-5-6(1-2-9(8)14)10(16)15-11-7(12(17)18)3-4-19-11/h1-5H,(H,15,16)(H,17,18). The molecule has 0 saturated heterocycles. The Morgan fingerprint density at radius 2 is 2.05 bits per heavy atom. The zero-order valence-corrected chi connectivity index (χ0v) is 10.9. The summed E-state index contributed by atoms with van der Waals surface area (Å²) in [7, 11) is 0. The summed E-state index contributed by atoms with van der Waals surface area (Å²) in [4.78, 5) is 22.8. The molecule has 4 nitrogen and oxygen atoms in total. The van der Waals surface area contributed by atoms with Crippen molar-refractivity contribution < 1.29 is 19.1 Å². The van der Waals surface area contributed by atoms with Crippen LogP contribution in [0.3, 0.4) is 0 Å². The summed E-state index contributed by atoms with van der Waals surface area (Å²) in [5.41, 5.74) is 0.155. The third-order valence-electron chi connectivity index (χ3n) is 2.30. The Balaban J connectivity index is 2.23. The van der Waals surface area contributed by atoms with E-state index in [1.807, 2.05) is 0 Å². The number of rotatable bonds is 3. The summed E-state index contributed by atoms with van der Waals surface area (Å²) >= 11 is 6.66. The third-order valence-corrected chi connectivity index (χ3v) is 3.42. The number of hydrogen-bond donors (Lipinski definition) is 2. The van der Waals surface area contributed by atoms with E-state index < -0.39 is 17.7 Å². The van der Waals surface area contributed by atoms with Crippen molar-refractivity contribution in [3.05, 3.63) is 51.6 Å². The van der Waals surface area contributed by atoms with Gasteiger partial charge in [-0.15, -0.1) is 11.3 Å². The molecule has 0 bridgehead atoms. The lowest BCUT2D eigenvalue weighted by molar-refractivity contribution is 0.0698. The second kappa shape index (κ2) is 5.38. The van der Waals surface area contributed by atoms with Gasteiger partial charge in [0.25, 0.3) is 5.91 Å². The van der Waals surface area contributed by atoms with Crippen molar-refractivity contribution in [1.82, 2.24) is 0 Å². The van der Waals surface area contributed by atoms with E-state index in [4.69, 9.17) is 16.7 Å². The van der Waals surface area contributed by atoms with Crippen molar-refractivity contribution in [1.29, 1.82) is 0 Å². The van der Waals surface area contributed by atoms with Crippen LogP contribution in [0.5, 0.6) is 0 Å². The van der Waals surface area contributed by atoms with Crippen molar-refractivity contribution in [2.24, 2.45) is 0 Å². The molecule has 0 atom stereocenters. The second-order valence-corrected chi connectivity index (χ2v) is 4.87. The number of halogens is 2. The molecule has 19 heavy (non-hydrogen) atoms. The number of aromatic carboxylic acids is 1. The van der Waals surface area contributed by atoms with Crippen LogP contribution >= 0.6 is 22.9 Å². The molecule has 1 aromatic carbocycles. The Kier molecular flexibility index (Phi) is 3.82. The molecule has 2 aromatic rings. The smallest absolute Gasteiger partial charge is 0.338 e. The number of hydrogen-bond acceptors (Lipinski definition) is 3. The largest absolute Gasteiger partial charge is 0.478 e. The van der Waals surface area contributed by atoms with Crippen LogP contribution in [-0.2, 0) is 0 Å². The number of carboxylic acids is 1. The minimum Gasteiger partial charge on any atom is -0.478 e. The Bertz CT molecular complexity index is 656. The van der Waals surface area contributed by atoms with E-state index >= 15 is 0 Å². The number of amides is 1.